The molecule has 2 nitrogen and oxygen atoms in total. The average molecular weight is 349 g/mol. The lowest BCUT2D eigenvalue weighted by molar-refractivity contribution is 0.404. The number of rotatable bonds is 6. The SMILES string of the molecule is C[C@@H](CC1CCCC1)NCc1ccccc1N1CCc2ccccc2C1. The summed E-state index contributed by atoms with van der Waals surface area (Å²) in [4.78, 5) is 2.56. The number of hydrogen-bond donors (Lipinski definition) is 1. The Labute approximate surface area is 158 Å². The molecule has 0 aromatic heterocycles. The monoisotopic (exact) mass is 348 g/mol. The second-order valence-electron chi connectivity index (χ2n) is 8.24. The van der Waals surface area contributed by atoms with Gasteiger partial charge in [-0.05, 0) is 48.4 Å². The first-order valence-corrected chi connectivity index (χ1v) is 10.4. The highest BCUT2D eigenvalue weighted by atomic mass is 15.1. The van der Waals surface area contributed by atoms with Crippen LogP contribution in [0.5, 0.6) is 0 Å². The van der Waals surface area contributed by atoms with E-state index in [1.807, 2.05) is 0 Å². The maximum Gasteiger partial charge on any atom is 0.0432 e. The molecule has 2 aromatic rings. The molecular weight excluding hydrogens is 316 g/mol. The maximum atomic E-state index is 3.80. The molecule has 1 saturated carbocycles. The first-order valence-electron chi connectivity index (χ1n) is 10.4. The van der Waals surface area contributed by atoms with Crippen LogP contribution in [-0.2, 0) is 19.5 Å². The van der Waals surface area contributed by atoms with Gasteiger partial charge in [0.2, 0.25) is 0 Å². The van der Waals surface area contributed by atoms with Crippen LogP contribution in [0.15, 0.2) is 48.5 Å². The predicted molar refractivity (Wildman–Crippen MR) is 111 cm³/mol. The van der Waals surface area contributed by atoms with E-state index in [1.165, 1.54) is 54.5 Å². The normalized spacial score (nSPS) is 18.7. The molecule has 4 rings (SSSR count). The summed E-state index contributed by atoms with van der Waals surface area (Å²) in [6.07, 6.45) is 8.24. The maximum absolute atomic E-state index is 3.80. The zero-order valence-corrected chi connectivity index (χ0v) is 16.1. The molecule has 0 saturated heterocycles. The highest BCUT2D eigenvalue weighted by Gasteiger charge is 2.20. The van der Waals surface area contributed by atoms with Gasteiger partial charge in [0, 0.05) is 31.4 Å². The van der Waals surface area contributed by atoms with E-state index in [4.69, 9.17) is 0 Å². The summed E-state index contributed by atoms with van der Waals surface area (Å²) in [6.45, 7) is 5.48. The Balaban J connectivity index is 1.40. The summed E-state index contributed by atoms with van der Waals surface area (Å²) in [6, 6.07) is 18.5. The number of fused-ring (bicyclic) bond motifs is 1. The van der Waals surface area contributed by atoms with Crippen LogP contribution in [0.3, 0.4) is 0 Å². The van der Waals surface area contributed by atoms with E-state index in [-0.39, 0.29) is 0 Å². The van der Waals surface area contributed by atoms with Crippen molar-refractivity contribution in [1.29, 1.82) is 0 Å². The number of hydrogen-bond acceptors (Lipinski definition) is 2. The third-order valence-corrected chi connectivity index (χ3v) is 6.27. The van der Waals surface area contributed by atoms with Crippen molar-refractivity contribution in [2.45, 2.75) is 64.6 Å². The van der Waals surface area contributed by atoms with Crippen LogP contribution in [-0.4, -0.2) is 12.6 Å². The van der Waals surface area contributed by atoms with Crippen LogP contribution < -0.4 is 10.2 Å². The summed E-state index contributed by atoms with van der Waals surface area (Å²) in [7, 11) is 0. The van der Waals surface area contributed by atoms with Gasteiger partial charge in [-0.3, -0.25) is 0 Å². The van der Waals surface area contributed by atoms with E-state index < -0.39 is 0 Å². The highest BCUT2D eigenvalue weighted by Crippen LogP contribution is 2.29. The van der Waals surface area contributed by atoms with Crippen LogP contribution in [0.2, 0.25) is 0 Å². The van der Waals surface area contributed by atoms with Gasteiger partial charge >= 0.3 is 0 Å². The number of benzene rings is 2. The lowest BCUT2D eigenvalue weighted by Gasteiger charge is -2.32. The van der Waals surface area contributed by atoms with Gasteiger partial charge in [0.25, 0.3) is 0 Å². The smallest absolute Gasteiger partial charge is 0.0432 e. The summed E-state index contributed by atoms with van der Waals surface area (Å²) in [5.74, 6) is 0.950. The van der Waals surface area contributed by atoms with Crippen molar-refractivity contribution in [2.24, 2.45) is 5.92 Å². The van der Waals surface area contributed by atoms with Crippen LogP contribution in [0.1, 0.15) is 55.7 Å². The van der Waals surface area contributed by atoms with Gasteiger partial charge in [-0.1, -0.05) is 68.1 Å². The van der Waals surface area contributed by atoms with Gasteiger partial charge in [-0.25, -0.2) is 0 Å². The first kappa shape index (κ1) is 17.6. The second-order valence-corrected chi connectivity index (χ2v) is 8.24. The van der Waals surface area contributed by atoms with E-state index in [2.05, 4.69) is 65.7 Å². The van der Waals surface area contributed by atoms with Crippen molar-refractivity contribution in [3.05, 3.63) is 65.2 Å². The molecule has 0 radical (unpaired) electrons. The van der Waals surface area contributed by atoms with Crippen LogP contribution in [0.4, 0.5) is 5.69 Å². The molecule has 2 heteroatoms. The highest BCUT2D eigenvalue weighted by molar-refractivity contribution is 5.55. The summed E-state index contributed by atoms with van der Waals surface area (Å²) >= 11 is 0. The summed E-state index contributed by atoms with van der Waals surface area (Å²) in [5.41, 5.74) is 5.84. The van der Waals surface area contributed by atoms with E-state index in [1.54, 1.807) is 0 Å². The minimum Gasteiger partial charge on any atom is -0.367 e. The molecule has 0 amide bonds. The van der Waals surface area contributed by atoms with Gasteiger partial charge in [0.05, 0.1) is 0 Å². The second kappa shape index (κ2) is 8.26. The van der Waals surface area contributed by atoms with Crippen molar-refractivity contribution in [3.8, 4) is 0 Å². The molecule has 1 heterocycles. The largest absolute Gasteiger partial charge is 0.367 e. The van der Waals surface area contributed by atoms with Gasteiger partial charge < -0.3 is 10.2 Å². The number of para-hydroxylation sites is 1. The van der Waals surface area contributed by atoms with Crippen LogP contribution in [0, 0.1) is 5.92 Å². The first-order chi connectivity index (χ1) is 12.8. The van der Waals surface area contributed by atoms with E-state index in [0.717, 1.165) is 32.0 Å². The average Bonchev–Trinajstić information content (AvgIpc) is 3.19. The minimum absolute atomic E-state index is 0.605. The quantitative estimate of drug-likeness (QED) is 0.761. The Morgan fingerprint density at radius 3 is 2.58 bits per heavy atom. The lowest BCUT2D eigenvalue weighted by atomic mass is 9.98. The van der Waals surface area contributed by atoms with Gasteiger partial charge in [-0.2, -0.15) is 0 Å². The zero-order valence-electron chi connectivity index (χ0n) is 16.1. The fraction of sp³-hybridized carbons (Fsp3) is 0.500. The third-order valence-electron chi connectivity index (χ3n) is 6.27. The number of nitrogens with one attached hydrogen (secondary N) is 1. The van der Waals surface area contributed by atoms with Crippen molar-refractivity contribution in [1.82, 2.24) is 5.32 Å². The van der Waals surface area contributed by atoms with Crippen molar-refractivity contribution in [3.63, 3.8) is 0 Å². The number of anilines is 1. The standard InChI is InChI=1S/C24H32N2/c1-19(16-20-8-2-3-9-20)25-17-22-11-6-7-13-24(22)26-15-14-21-10-4-5-12-23(21)18-26/h4-7,10-13,19-20,25H,2-3,8-9,14-18H2,1H3/t19-/m0/s1. The Morgan fingerprint density at radius 2 is 1.73 bits per heavy atom. The van der Waals surface area contributed by atoms with E-state index >= 15 is 0 Å². The molecule has 0 spiro atoms. The third kappa shape index (κ3) is 4.12. The van der Waals surface area contributed by atoms with Crippen molar-refractivity contribution in [2.75, 3.05) is 11.4 Å². The molecule has 138 valence electrons. The van der Waals surface area contributed by atoms with Gasteiger partial charge in [0.15, 0.2) is 0 Å². The molecule has 0 bridgehead atoms. The van der Waals surface area contributed by atoms with Crippen molar-refractivity contribution >= 4 is 5.69 Å². The Kier molecular flexibility index (Phi) is 5.59. The fourth-order valence-electron chi connectivity index (χ4n) is 4.78. The van der Waals surface area contributed by atoms with Crippen LogP contribution in [0.25, 0.3) is 0 Å². The molecule has 26 heavy (non-hydrogen) atoms. The molecule has 2 aromatic carbocycles. The fourth-order valence-corrected chi connectivity index (χ4v) is 4.78. The molecule has 1 fully saturated rings. The molecular formula is C24H32N2. The lowest BCUT2D eigenvalue weighted by Crippen LogP contribution is -2.32. The van der Waals surface area contributed by atoms with Gasteiger partial charge in [0.1, 0.15) is 0 Å². The molecule has 0 unspecified atom stereocenters. The Hall–Kier alpha value is -1.80. The molecule has 1 aliphatic heterocycles. The van der Waals surface area contributed by atoms with E-state index in [0.29, 0.717) is 6.04 Å². The minimum atomic E-state index is 0.605. The predicted octanol–water partition coefficient (Wildman–Crippen LogP) is 5.31. The molecule has 1 atom stereocenters. The van der Waals surface area contributed by atoms with E-state index in [9.17, 15) is 0 Å². The number of nitrogens with zero attached hydrogens (tertiary/aromatic N) is 1. The summed E-state index contributed by atoms with van der Waals surface area (Å²) in [5, 5.41) is 3.80. The topological polar surface area (TPSA) is 15.3 Å². The molecule has 2 aliphatic rings. The van der Waals surface area contributed by atoms with Crippen LogP contribution >= 0.6 is 0 Å². The molecule has 1 N–H and O–H groups in total. The zero-order chi connectivity index (χ0) is 17.8. The Bertz CT molecular complexity index is 718. The Morgan fingerprint density at radius 1 is 1.00 bits per heavy atom. The van der Waals surface area contributed by atoms with Gasteiger partial charge in [-0.15, -0.1) is 0 Å². The summed E-state index contributed by atoms with van der Waals surface area (Å²) < 4.78 is 0. The van der Waals surface area contributed by atoms with Crippen molar-refractivity contribution < 1.29 is 0 Å². The molecule has 1 aliphatic carbocycles.